The second-order valence-electron chi connectivity index (χ2n) is 5.98. The number of nitrogens with one attached hydrogen (secondary N) is 1. The van der Waals surface area contributed by atoms with E-state index >= 15 is 0 Å². The average molecular weight is 356 g/mol. The molecule has 1 N–H and O–H groups in total. The van der Waals surface area contributed by atoms with Crippen molar-refractivity contribution in [3.05, 3.63) is 59.1 Å². The van der Waals surface area contributed by atoms with Crippen molar-refractivity contribution in [2.24, 2.45) is 0 Å². The lowest BCUT2D eigenvalue weighted by Crippen LogP contribution is -2.18. The van der Waals surface area contributed by atoms with E-state index in [0.29, 0.717) is 17.4 Å². The van der Waals surface area contributed by atoms with Crippen LogP contribution in [-0.4, -0.2) is 17.7 Å². The molecule has 130 valence electrons. The van der Waals surface area contributed by atoms with Crippen LogP contribution in [0.2, 0.25) is 0 Å². The van der Waals surface area contributed by atoms with Crippen LogP contribution in [0.1, 0.15) is 31.0 Å². The van der Waals surface area contributed by atoms with Crippen LogP contribution in [0.3, 0.4) is 0 Å². The van der Waals surface area contributed by atoms with Gasteiger partial charge in [0.1, 0.15) is 12.3 Å². The summed E-state index contributed by atoms with van der Waals surface area (Å²) in [6.45, 7) is 4.46. The van der Waals surface area contributed by atoms with E-state index in [0.717, 1.165) is 10.6 Å². The molecule has 5 nitrogen and oxygen atoms in total. The zero-order valence-corrected chi connectivity index (χ0v) is 15.0. The number of hydrogen-bond donors (Lipinski definition) is 1. The maximum atomic E-state index is 11.9. The molecule has 0 fully saturated rings. The highest BCUT2D eigenvalue weighted by molar-refractivity contribution is 7.13. The first-order chi connectivity index (χ1) is 12.1. The fourth-order valence-corrected chi connectivity index (χ4v) is 2.98. The molecule has 2 aromatic heterocycles. The Hall–Kier alpha value is -2.44. The summed E-state index contributed by atoms with van der Waals surface area (Å²) in [6.07, 6.45) is 0. The van der Waals surface area contributed by atoms with Crippen LogP contribution in [0, 0.1) is 0 Å². The zero-order chi connectivity index (χ0) is 17.6. The lowest BCUT2D eigenvalue weighted by atomic mass is 10.0. The summed E-state index contributed by atoms with van der Waals surface area (Å²) in [7, 11) is 0. The van der Waals surface area contributed by atoms with Crippen LogP contribution in [0.5, 0.6) is 0 Å². The number of ether oxygens (including phenoxy) is 1. The van der Waals surface area contributed by atoms with Gasteiger partial charge in [0.15, 0.2) is 5.76 Å². The number of hydrogen-bond acceptors (Lipinski definition) is 5. The summed E-state index contributed by atoms with van der Waals surface area (Å²) < 4.78 is 10.7. The quantitative estimate of drug-likeness (QED) is 0.667. The highest BCUT2D eigenvalue weighted by Gasteiger charge is 2.09. The minimum Gasteiger partial charge on any atom is -0.365 e. The van der Waals surface area contributed by atoms with Gasteiger partial charge < -0.3 is 14.6 Å². The van der Waals surface area contributed by atoms with Crippen LogP contribution in [-0.2, 0) is 16.1 Å². The third-order valence-corrected chi connectivity index (χ3v) is 4.55. The molecule has 25 heavy (non-hydrogen) atoms. The van der Waals surface area contributed by atoms with Gasteiger partial charge in [-0.3, -0.25) is 4.79 Å². The Kier molecular flexibility index (Phi) is 5.63. The Balaban J connectivity index is 1.45. The molecule has 0 aliphatic rings. The smallest absolute Gasteiger partial charge is 0.250 e. The molecule has 0 aliphatic heterocycles. The number of thiophene rings is 1. The van der Waals surface area contributed by atoms with Crippen LogP contribution < -0.4 is 5.32 Å². The van der Waals surface area contributed by atoms with Gasteiger partial charge in [-0.15, -0.1) is 11.3 Å². The molecule has 0 radical (unpaired) electrons. The van der Waals surface area contributed by atoms with Gasteiger partial charge in [0.05, 0.1) is 11.5 Å². The first-order valence-corrected chi connectivity index (χ1v) is 8.97. The summed E-state index contributed by atoms with van der Waals surface area (Å²) in [5.41, 5.74) is 2.67. The van der Waals surface area contributed by atoms with Gasteiger partial charge in [-0.1, -0.05) is 37.2 Å². The summed E-state index contributed by atoms with van der Waals surface area (Å²) in [6, 6.07) is 13.6. The summed E-state index contributed by atoms with van der Waals surface area (Å²) in [5.74, 6) is 0.983. The number of benzene rings is 1. The molecular formula is C19H20N2O3S. The number of aromatic nitrogens is 1. The summed E-state index contributed by atoms with van der Waals surface area (Å²) >= 11 is 1.58. The van der Waals surface area contributed by atoms with Crippen molar-refractivity contribution in [3.8, 4) is 10.6 Å². The first kappa shape index (κ1) is 17.4. The van der Waals surface area contributed by atoms with E-state index in [4.69, 9.17) is 9.26 Å². The zero-order valence-electron chi connectivity index (χ0n) is 14.2. The van der Waals surface area contributed by atoms with Crippen molar-refractivity contribution in [1.82, 2.24) is 5.16 Å². The molecule has 0 bridgehead atoms. The fourth-order valence-electron chi connectivity index (χ4n) is 2.31. The topological polar surface area (TPSA) is 64.4 Å². The highest BCUT2D eigenvalue weighted by atomic mass is 32.1. The van der Waals surface area contributed by atoms with Crippen molar-refractivity contribution in [1.29, 1.82) is 0 Å². The predicted molar refractivity (Wildman–Crippen MR) is 98.6 cm³/mol. The molecular weight excluding hydrogens is 336 g/mol. The van der Waals surface area contributed by atoms with Gasteiger partial charge in [-0.2, -0.15) is 0 Å². The van der Waals surface area contributed by atoms with E-state index in [9.17, 15) is 4.79 Å². The molecule has 6 heteroatoms. The Labute approximate surface area is 150 Å². The normalized spacial score (nSPS) is 11.0. The van der Waals surface area contributed by atoms with Gasteiger partial charge in [0, 0.05) is 11.8 Å². The molecule has 3 aromatic rings. The monoisotopic (exact) mass is 356 g/mol. The molecule has 0 unspecified atom stereocenters. The summed E-state index contributed by atoms with van der Waals surface area (Å²) in [4.78, 5) is 13.0. The molecule has 1 amide bonds. The number of carbonyl (C=O) groups excluding carboxylic acids is 1. The Morgan fingerprint density at radius 3 is 2.76 bits per heavy atom. The molecule has 3 rings (SSSR count). The molecule has 0 atom stereocenters. The Morgan fingerprint density at radius 2 is 2.08 bits per heavy atom. The number of anilines is 1. The van der Waals surface area contributed by atoms with Crippen LogP contribution in [0.15, 0.2) is 52.4 Å². The van der Waals surface area contributed by atoms with Gasteiger partial charge in [0.2, 0.25) is 5.91 Å². The lowest BCUT2D eigenvalue weighted by Gasteiger charge is -2.08. The number of rotatable bonds is 7. The van der Waals surface area contributed by atoms with Gasteiger partial charge in [0.25, 0.3) is 0 Å². The van der Waals surface area contributed by atoms with Crippen molar-refractivity contribution in [2.45, 2.75) is 26.4 Å². The van der Waals surface area contributed by atoms with Crippen molar-refractivity contribution in [2.75, 3.05) is 11.9 Å². The van der Waals surface area contributed by atoms with E-state index in [1.54, 1.807) is 11.3 Å². The molecule has 0 saturated heterocycles. The number of nitrogens with zero attached hydrogens (tertiary/aromatic N) is 1. The van der Waals surface area contributed by atoms with E-state index in [-0.39, 0.29) is 19.1 Å². The van der Waals surface area contributed by atoms with E-state index < -0.39 is 0 Å². The number of carbonyl (C=O) groups is 1. The van der Waals surface area contributed by atoms with Gasteiger partial charge >= 0.3 is 0 Å². The SMILES string of the molecule is CC(C)c1ccc(NC(=O)COCc2cc(-c3cccs3)on2)cc1. The van der Waals surface area contributed by atoms with Crippen molar-refractivity contribution >= 4 is 22.9 Å². The number of amides is 1. The van der Waals surface area contributed by atoms with Crippen LogP contribution >= 0.6 is 11.3 Å². The molecule has 0 spiro atoms. The highest BCUT2D eigenvalue weighted by Crippen LogP contribution is 2.25. The second-order valence-corrected chi connectivity index (χ2v) is 6.93. The third kappa shape index (κ3) is 4.78. The molecule has 2 heterocycles. The Morgan fingerprint density at radius 1 is 1.28 bits per heavy atom. The molecule has 1 aromatic carbocycles. The second kappa shape index (κ2) is 8.09. The standard InChI is InChI=1S/C19H20N2O3S/c1-13(2)14-5-7-15(8-6-14)20-19(22)12-23-11-16-10-17(24-21-16)18-4-3-9-25-18/h3-10,13H,11-12H2,1-2H3,(H,20,22). The largest absolute Gasteiger partial charge is 0.365 e. The minimum absolute atomic E-state index is 0.0346. The maximum Gasteiger partial charge on any atom is 0.250 e. The van der Waals surface area contributed by atoms with Crippen molar-refractivity contribution in [3.63, 3.8) is 0 Å². The van der Waals surface area contributed by atoms with E-state index in [1.165, 1.54) is 5.56 Å². The van der Waals surface area contributed by atoms with E-state index in [2.05, 4.69) is 24.3 Å². The minimum atomic E-state index is -0.195. The summed E-state index contributed by atoms with van der Waals surface area (Å²) in [5, 5.41) is 8.75. The van der Waals surface area contributed by atoms with Crippen LogP contribution in [0.25, 0.3) is 10.6 Å². The van der Waals surface area contributed by atoms with Gasteiger partial charge in [-0.25, -0.2) is 0 Å². The van der Waals surface area contributed by atoms with Gasteiger partial charge in [-0.05, 0) is 35.1 Å². The molecule has 0 aliphatic carbocycles. The molecule has 0 saturated carbocycles. The van der Waals surface area contributed by atoms with Crippen LogP contribution in [0.4, 0.5) is 5.69 Å². The predicted octanol–water partition coefficient (Wildman–Crippen LogP) is 4.68. The maximum absolute atomic E-state index is 11.9. The Bertz CT molecular complexity index is 808. The first-order valence-electron chi connectivity index (χ1n) is 8.09. The van der Waals surface area contributed by atoms with E-state index in [1.807, 2.05) is 47.8 Å². The lowest BCUT2D eigenvalue weighted by molar-refractivity contribution is -0.121. The average Bonchev–Trinajstić information content (AvgIpc) is 3.26. The fraction of sp³-hybridized carbons (Fsp3) is 0.263. The van der Waals surface area contributed by atoms with Crippen molar-refractivity contribution < 1.29 is 14.1 Å². The third-order valence-electron chi connectivity index (χ3n) is 3.67.